The van der Waals surface area contributed by atoms with Gasteiger partial charge < -0.3 is 4.90 Å². The first-order valence-corrected chi connectivity index (χ1v) is 6.84. The van der Waals surface area contributed by atoms with Crippen molar-refractivity contribution in [2.75, 3.05) is 20.1 Å². The molecule has 0 bridgehead atoms. The quantitative estimate of drug-likeness (QED) is 0.718. The number of hydrogen-bond acceptors (Lipinski definition) is 2. The first kappa shape index (κ1) is 13.3. The van der Waals surface area contributed by atoms with Crippen LogP contribution in [-0.4, -0.2) is 30.8 Å². The van der Waals surface area contributed by atoms with Gasteiger partial charge in [0, 0.05) is 25.1 Å². The molecule has 0 aromatic heterocycles. The first-order valence-electron chi connectivity index (χ1n) is 6.84. The number of carbonyl (C=O) groups is 1. The Labute approximate surface area is 110 Å². The zero-order valence-corrected chi connectivity index (χ0v) is 11.6. The third-order valence-corrected chi connectivity index (χ3v) is 3.92. The van der Waals surface area contributed by atoms with Crippen molar-refractivity contribution in [2.24, 2.45) is 11.8 Å². The lowest BCUT2D eigenvalue weighted by Crippen LogP contribution is -2.24. The largest absolute Gasteiger partial charge is 0.306 e. The van der Waals surface area contributed by atoms with E-state index in [9.17, 15) is 4.79 Å². The predicted molar refractivity (Wildman–Crippen MR) is 74.9 cm³/mol. The van der Waals surface area contributed by atoms with Crippen molar-refractivity contribution in [1.82, 2.24) is 4.90 Å². The van der Waals surface area contributed by atoms with E-state index < -0.39 is 0 Å². The lowest BCUT2D eigenvalue weighted by molar-refractivity contribution is 0.0968. The van der Waals surface area contributed by atoms with E-state index in [1.54, 1.807) is 0 Å². The SMILES string of the molecule is Cc1ccc(C(=O)CCN(C)CC2CC2C)cc1. The molecule has 1 aromatic rings. The molecule has 2 rings (SSSR count). The highest BCUT2D eigenvalue weighted by atomic mass is 16.1. The lowest BCUT2D eigenvalue weighted by Gasteiger charge is -2.15. The summed E-state index contributed by atoms with van der Waals surface area (Å²) in [6, 6.07) is 7.87. The van der Waals surface area contributed by atoms with Gasteiger partial charge in [-0.1, -0.05) is 36.8 Å². The van der Waals surface area contributed by atoms with Crippen LogP contribution < -0.4 is 0 Å². The van der Waals surface area contributed by atoms with Crippen LogP contribution >= 0.6 is 0 Å². The Morgan fingerprint density at radius 1 is 1.33 bits per heavy atom. The van der Waals surface area contributed by atoms with Gasteiger partial charge in [-0.15, -0.1) is 0 Å². The highest BCUT2D eigenvalue weighted by Crippen LogP contribution is 2.37. The number of hydrogen-bond donors (Lipinski definition) is 0. The van der Waals surface area contributed by atoms with Crippen molar-refractivity contribution in [3.63, 3.8) is 0 Å². The standard InChI is InChI=1S/C16H23NO/c1-12-4-6-14(7-5-12)16(18)8-9-17(3)11-15-10-13(15)2/h4-7,13,15H,8-11H2,1-3H3. The molecule has 18 heavy (non-hydrogen) atoms. The van der Waals surface area contributed by atoms with Crippen molar-refractivity contribution in [2.45, 2.75) is 26.7 Å². The van der Waals surface area contributed by atoms with Gasteiger partial charge in [0.05, 0.1) is 0 Å². The molecule has 0 N–H and O–H groups in total. The maximum atomic E-state index is 12.0. The summed E-state index contributed by atoms with van der Waals surface area (Å²) in [7, 11) is 2.12. The molecule has 2 atom stereocenters. The second-order valence-corrected chi connectivity index (χ2v) is 5.77. The number of carbonyl (C=O) groups excluding carboxylic acids is 1. The van der Waals surface area contributed by atoms with Gasteiger partial charge in [-0.25, -0.2) is 0 Å². The molecule has 0 heterocycles. The van der Waals surface area contributed by atoms with Crippen LogP contribution in [0.1, 0.15) is 35.7 Å². The van der Waals surface area contributed by atoms with E-state index in [1.165, 1.54) is 12.0 Å². The van der Waals surface area contributed by atoms with Gasteiger partial charge in [0.2, 0.25) is 0 Å². The molecule has 2 heteroatoms. The first-order chi connectivity index (χ1) is 8.56. The Bertz CT molecular complexity index is 410. The minimum absolute atomic E-state index is 0.255. The average molecular weight is 245 g/mol. The number of aryl methyl sites for hydroxylation is 1. The molecule has 2 unspecified atom stereocenters. The van der Waals surface area contributed by atoms with E-state index in [1.807, 2.05) is 31.2 Å². The van der Waals surface area contributed by atoms with Gasteiger partial charge in [0.1, 0.15) is 0 Å². The normalized spacial score (nSPS) is 22.2. The zero-order chi connectivity index (χ0) is 13.1. The molecular weight excluding hydrogens is 222 g/mol. The number of nitrogens with zero attached hydrogens (tertiary/aromatic N) is 1. The fourth-order valence-electron chi connectivity index (χ4n) is 2.32. The van der Waals surface area contributed by atoms with E-state index in [0.717, 1.165) is 30.5 Å². The van der Waals surface area contributed by atoms with Crippen LogP contribution in [0.4, 0.5) is 0 Å². The second-order valence-electron chi connectivity index (χ2n) is 5.77. The lowest BCUT2D eigenvalue weighted by atomic mass is 10.1. The molecule has 1 fully saturated rings. The minimum atomic E-state index is 0.255. The van der Waals surface area contributed by atoms with Gasteiger partial charge in [0.15, 0.2) is 5.78 Å². The second kappa shape index (κ2) is 5.66. The van der Waals surface area contributed by atoms with E-state index in [4.69, 9.17) is 0 Å². The van der Waals surface area contributed by atoms with Gasteiger partial charge in [0.25, 0.3) is 0 Å². The smallest absolute Gasteiger partial charge is 0.164 e. The van der Waals surface area contributed by atoms with Crippen LogP contribution in [0.25, 0.3) is 0 Å². The highest BCUT2D eigenvalue weighted by molar-refractivity contribution is 5.96. The predicted octanol–water partition coefficient (Wildman–Crippen LogP) is 3.16. The van der Waals surface area contributed by atoms with Gasteiger partial charge in [-0.2, -0.15) is 0 Å². The van der Waals surface area contributed by atoms with Gasteiger partial charge in [-0.3, -0.25) is 4.79 Å². The molecule has 0 amide bonds. The number of Topliss-reactive ketones (excluding diaryl/α,β-unsaturated/α-hetero) is 1. The molecule has 1 aromatic carbocycles. The van der Waals surface area contributed by atoms with Crippen LogP contribution in [0, 0.1) is 18.8 Å². The summed E-state index contributed by atoms with van der Waals surface area (Å²) < 4.78 is 0. The van der Waals surface area contributed by atoms with Gasteiger partial charge >= 0.3 is 0 Å². The van der Waals surface area contributed by atoms with Crippen LogP contribution in [0.5, 0.6) is 0 Å². The van der Waals surface area contributed by atoms with Crippen LogP contribution in [0.3, 0.4) is 0 Å². The molecule has 0 radical (unpaired) electrons. The summed E-state index contributed by atoms with van der Waals surface area (Å²) in [6.07, 6.45) is 1.98. The molecule has 1 aliphatic rings. The Morgan fingerprint density at radius 2 is 1.94 bits per heavy atom. The van der Waals surface area contributed by atoms with E-state index >= 15 is 0 Å². The molecule has 1 aliphatic carbocycles. The van der Waals surface area contributed by atoms with E-state index in [0.29, 0.717) is 6.42 Å². The van der Waals surface area contributed by atoms with Crippen LogP contribution in [-0.2, 0) is 0 Å². The Hall–Kier alpha value is -1.15. The maximum Gasteiger partial charge on any atom is 0.164 e. The van der Waals surface area contributed by atoms with Crippen LogP contribution in [0.2, 0.25) is 0 Å². The topological polar surface area (TPSA) is 20.3 Å². The molecule has 0 saturated heterocycles. The Kier molecular flexibility index (Phi) is 4.18. The number of benzene rings is 1. The zero-order valence-electron chi connectivity index (χ0n) is 11.6. The third kappa shape index (κ3) is 3.67. The molecule has 1 saturated carbocycles. The van der Waals surface area contributed by atoms with Crippen molar-refractivity contribution in [1.29, 1.82) is 0 Å². The summed E-state index contributed by atoms with van der Waals surface area (Å²) in [4.78, 5) is 14.3. The van der Waals surface area contributed by atoms with Crippen molar-refractivity contribution < 1.29 is 4.79 Å². The Morgan fingerprint density at radius 3 is 2.50 bits per heavy atom. The minimum Gasteiger partial charge on any atom is -0.306 e. The average Bonchev–Trinajstić information content (AvgIpc) is 3.02. The number of ketones is 1. The highest BCUT2D eigenvalue weighted by Gasteiger charge is 2.32. The van der Waals surface area contributed by atoms with Gasteiger partial charge in [-0.05, 0) is 32.2 Å². The summed E-state index contributed by atoms with van der Waals surface area (Å²) in [5.41, 5.74) is 2.04. The molecule has 0 spiro atoms. The van der Waals surface area contributed by atoms with E-state index in [2.05, 4.69) is 18.9 Å². The van der Waals surface area contributed by atoms with E-state index in [-0.39, 0.29) is 5.78 Å². The molecule has 98 valence electrons. The molecular formula is C16H23NO. The van der Waals surface area contributed by atoms with Crippen molar-refractivity contribution in [3.05, 3.63) is 35.4 Å². The van der Waals surface area contributed by atoms with Crippen molar-refractivity contribution in [3.8, 4) is 0 Å². The maximum absolute atomic E-state index is 12.0. The van der Waals surface area contributed by atoms with Crippen LogP contribution in [0.15, 0.2) is 24.3 Å². The fraction of sp³-hybridized carbons (Fsp3) is 0.562. The summed E-state index contributed by atoms with van der Waals surface area (Å²) in [6.45, 7) is 6.35. The Balaban J connectivity index is 1.75. The summed E-state index contributed by atoms with van der Waals surface area (Å²) in [5, 5.41) is 0. The number of rotatable bonds is 6. The fourth-order valence-corrected chi connectivity index (χ4v) is 2.32. The monoisotopic (exact) mass is 245 g/mol. The molecule has 2 nitrogen and oxygen atoms in total. The third-order valence-electron chi connectivity index (χ3n) is 3.92. The summed E-state index contributed by atoms with van der Waals surface area (Å²) in [5.74, 6) is 2.01. The molecule has 0 aliphatic heterocycles. The summed E-state index contributed by atoms with van der Waals surface area (Å²) >= 11 is 0. The van der Waals surface area contributed by atoms with Crippen molar-refractivity contribution >= 4 is 5.78 Å².